The number of ether oxygens (including phenoxy) is 1. The van der Waals surface area contributed by atoms with Gasteiger partial charge in [-0.1, -0.05) is 48.5 Å². The van der Waals surface area contributed by atoms with Gasteiger partial charge in [-0.15, -0.1) is 5.06 Å². The molecule has 1 saturated heterocycles. The maximum Gasteiger partial charge on any atom is 0.357 e. The summed E-state index contributed by atoms with van der Waals surface area (Å²) >= 11 is 0. The lowest BCUT2D eigenvalue weighted by Gasteiger charge is -2.33. The molecule has 1 fully saturated rings. The van der Waals surface area contributed by atoms with Gasteiger partial charge in [-0.25, -0.2) is 4.79 Å². The predicted molar refractivity (Wildman–Crippen MR) is 78.3 cm³/mol. The molecular formula is C17H17NO3. The van der Waals surface area contributed by atoms with Crippen molar-refractivity contribution in [3.8, 4) is 0 Å². The Morgan fingerprint density at radius 3 is 2.43 bits per heavy atom. The van der Waals surface area contributed by atoms with Crippen molar-refractivity contribution in [2.24, 2.45) is 0 Å². The van der Waals surface area contributed by atoms with E-state index < -0.39 is 0 Å². The van der Waals surface area contributed by atoms with E-state index in [0.717, 1.165) is 12.0 Å². The molecule has 0 aromatic heterocycles. The maximum atomic E-state index is 12.2. The highest BCUT2D eigenvalue weighted by molar-refractivity contribution is 5.89. The van der Waals surface area contributed by atoms with E-state index in [0.29, 0.717) is 18.7 Å². The van der Waals surface area contributed by atoms with Crippen molar-refractivity contribution >= 4 is 5.97 Å². The zero-order valence-corrected chi connectivity index (χ0v) is 11.6. The summed E-state index contributed by atoms with van der Waals surface area (Å²) in [6.07, 6.45) is 0.499. The molecule has 2 aromatic carbocycles. The van der Waals surface area contributed by atoms with Crippen LogP contribution >= 0.6 is 0 Å². The second-order valence-electron chi connectivity index (χ2n) is 4.87. The van der Waals surface area contributed by atoms with Gasteiger partial charge in [0.1, 0.15) is 0 Å². The van der Waals surface area contributed by atoms with Gasteiger partial charge in [-0.3, -0.25) is 0 Å². The minimum atomic E-state index is -0.359. The van der Waals surface area contributed by atoms with Gasteiger partial charge in [-0.2, -0.15) is 0 Å². The van der Waals surface area contributed by atoms with Crippen LogP contribution in [0.15, 0.2) is 60.7 Å². The molecule has 1 aliphatic rings. The second-order valence-corrected chi connectivity index (χ2v) is 4.87. The molecule has 0 N–H and O–H groups in total. The molecule has 2 aromatic rings. The Balaban J connectivity index is 1.75. The Labute approximate surface area is 123 Å². The van der Waals surface area contributed by atoms with E-state index in [1.54, 1.807) is 17.2 Å². The van der Waals surface area contributed by atoms with E-state index in [4.69, 9.17) is 9.57 Å². The Kier molecular flexibility index (Phi) is 4.28. The molecule has 0 saturated carbocycles. The van der Waals surface area contributed by atoms with Gasteiger partial charge in [0.2, 0.25) is 0 Å². The third-order valence-electron chi connectivity index (χ3n) is 3.35. The standard InChI is InChI=1S/C17H17NO3/c19-17(15-10-5-2-6-11-15)21-18-12-7-13-20-16(18)14-8-3-1-4-9-14/h1-6,8-11,16H,7,12-13H2. The summed E-state index contributed by atoms with van der Waals surface area (Å²) in [6, 6.07) is 18.8. The first kappa shape index (κ1) is 13.8. The Morgan fingerprint density at radius 2 is 1.71 bits per heavy atom. The SMILES string of the molecule is O=C(ON1CCCOC1c1ccccc1)c1ccccc1. The summed E-state index contributed by atoms with van der Waals surface area (Å²) in [5, 5.41) is 1.62. The van der Waals surface area contributed by atoms with Gasteiger partial charge in [-0.05, 0) is 24.1 Å². The van der Waals surface area contributed by atoms with Crippen LogP contribution in [0.3, 0.4) is 0 Å². The van der Waals surface area contributed by atoms with Crippen molar-refractivity contribution in [3.05, 3.63) is 71.8 Å². The quantitative estimate of drug-likeness (QED) is 0.867. The van der Waals surface area contributed by atoms with Crippen molar-refractivity contribution in [1.29, 1.82) is 0 Å². The third kappa shape index (κ3) is 3.29. The monoisotopic (exact) mass is 283 g/mol. The van der Waals surface area contributed by atoms with Crippen LogP contribution in [0.4, 0.5) is 0 Å². The Hall–Kier alpha value is -2.17. The topological polar surface area (TPSA) is 38.8 Å². The summed E-state index contributed by atoms with van der Waals surface area (Å²) < 4.78 is 5.76. The summed E-state index contributed by atoms with van der Waals surface area (Å²) in [7, 11) is 0. The Bertz CT molecular complexity index is 585. The van der Waals surface area contributed by atoms with Gasteiger partial charge >= 0.3 is 5.97 Å². The van der Waals surface area contributed by atoms with Gasteiger partial charge in [0.05, 0.1) is 12.2 Å². The molecule has 108 valence electrons. The van der Waals surface area contributed by atoms with Gasteiger partial charge in [0, 0.05) is 6.54 Å². The molecule has 1 heterocycles. The zero-order valence-electron chi connectivity index (χ0n) is 11.6. The molecule has 1 unspecified atom stereocenters. The fraction of sp³-hybridized carbons (Fsp3) is 0.235. The third-order valence-corrected chi connectivity index (χ3v) is 3.35. The van der Waals surface area contributed by atoms with Crippen LogP contribution in [0.1, 0.15) is 28.6 Å². The number of rotatable bonds is 3. The van der Waals surface area contributed by atoms with Crippen LogP contribution in [0.5, 0.6) is 0 Å². The van der Waals surface area contributed by atoms with Crippen LogP contribution in [-0.4, -0.2) is 24.2 Å². The van der Waals surface area contributed by atoms with E-state index in [1.165, 1.54) is 0 Å². The van der Waals surface area contributed by atoms with Crippen molar-refractivity contribution in [1.82, 2.24) is 5.06 Å². The van der Waals surface area contributed by atoms with Gasteiger partial charge < -0.3 is 9.57 Å². The summed E-state index contributed by atoms with van der Waals surface area (Å²) in [6.45, 7) is 1.33. The highest BCUT2D eigenvalue weighted by Crippen LogP contribution is 2.26. The molecular weight excluding hydrogens is 266 g/mol. The van der Waals surface area contributed by atoms with Crippen molar-refractivity contribution in [2.75, 3.05) is 13.2 Å². The first-order valence-corrected chi connectivity index (χ1v) is 7.05. The highest BCUT2D eigenvalue weighted by Gasteiger charge is 2.28. The number of hydroxylamine groups is 2. The molecule has 21 heavy (non-hydrogen) atoms. The van der Waals surface area contributed by atoms with Crippen molar-refractivity contribution < 1.29 is 14.4 Å². The van der Waals surface area contributed by atoms with Crippen LogP contribution < -0.4 is 0 Å². The fourth-order valence-corrected chi connectivity index (χ4v) is 2.32. The van der Waals surface area contributed by atoms with E-state index >= 15 is 0 Å². The minimum Gasteiger partial charge on any atom is -0.361 e. The molecule has 0 amide bonds. The predicted octanol–water partition coefficient (Wildman–Crippen LogP) is 3.18. The minimum absolute atomic E-state index is 0.340. The number of benzene rings is 2. The van der Waals surface area contributed by atoms with Gasteiger partial charge in [0.25, 0.3) is 0 Å². The molecule has 0 bridgehead atoms. The second kappa shape index (κ2) is 6.52. The average molecular weight is 283 g/mol. The first-order valence-electron chi connectivity index (χ1n) is 7.05. The Morgan fingerprint density at radius 1 is 1.05 bits per heavy atom. The van der Waals surface area contributed by atoms with E-state index in [-0.39, 0.29) is 12.2 Å². The van der Waals surface area contributed by atoms with E-state index in [9.17, 15) is 4.79 Å². The first-order chi connectivity index (χ1) is 10.3. The normalized spacial score (nSPS) is 19.1. The van der Waals surface area contributed by atoms with Crippen LogP contribution in [0, 0.1) is 0 Å². The molecule has 0 radical (unpaired) electrons. The molecule has 4 heteroatoms. The lowest BCUT2D eigenvalue weighted by molar-refractivity contribution is -0.244. The zero-order chi connectivity index (χ0) is 14.5. The van der Waals surface area contributed by atoms with E-state index in [1.807, 2.05) is 48.5 Å². The van der Waals surface area contributed by atoms with Gasteiger partial charge in [0.15, 0.2) is 6.23 Å². The van der Waals surface area contributed by atoms with Crippen LogP contribution in [0.25, 0.3) is 0 Å². The average Bonchev–Trinajstić information content (AvgIpc) is 2.57. The van der Waals surface area contributed by atoms with Crippen molar-refractivity contribution in [3.63, 3.8) is 0 Å². The maximum absolute atomic E-state index is 12.2. The fourth-order valence-electron chi connectivity index (χ4n) is 2.32. The molecule has 4 nitrogen and oxygen atoms in total. The molecule has 1 aliphatic heterocycles. The number of hydrogen-bond donors (Lipinski definition) is 0. The summed E-state index contributed by atoms with van der Waals surface area (Å²) in [5.41, 5.74) is 1.52. The highest BCUT2D eigenvalue weighted by atomic mass is 16.7. The smallest absolute Gasteiger partial charge is 0.357 e. The largest absolute Gasteiger partial charge is 0.361 e. The summed E-state index contributed by atoms with van der Waals surface area (Å²) in [4.78, 5) is 17.7. The van der Waals surface area contributed by atoms with E-state index in [2.05, 4.69) is 0 Å². The lowest BCUT2D eigenvalue weighted by Crippen LogP contribution is -2.38. The summed E-state index contributed by atoms with van der Waals surface area (Å²) in [5.74, 6) is -0.359. The number of nitrogens with zero attached hydrogens (tertiary/aromatic N) is 1. The molecule has 1 atom stereocenters. The number of carbonyl (C=O) groups excluding carboxylic acids is 1. The van der Waals surface area contributed by atoms with Crippen molar-refractivity contribution in [2.45, 2.75) is 12.6 Å². The van der Waals surface area contributed by atoms with Crippen LogP contribution in [0.2, 0.25) is 0 Å². The molecule has 0 aliphatic carbocycles. The molecule has 0 spiro atoms. The lowest BCUT2D eigenvalue weighted by atomic mass is 10.2. The van der Waals surface area contributed by atoms with Crippen LogP contribution in [-0.2, 0) is 9.57 Å². The number of carbonyl (C=O) groups is 1. The number of hydrogen-bond acceptors (Lipinski definition) is 4. The molecule has 3 rings (SSSR count).